The Bertz CT molecular complexity index is 654. The topological polar surface area (TPSA) is 58.2 Å². The molecular weight excluding hydrogens is 288 g/mol. The molecule has 21 heavy (non-hydrogen) atoms. The molecule has 5 heteroatoms. The van der Waals surface area contributed by atoms with E-state index in [9.17, 15) is 9.59 Å². The van der Waals surface area contributed by atoms with E-state index >= 15 is 0 Å². The molecule has 2 amide bonds. The van der Waals surface area contributed by atoms with Gasteiger partial charge in [0.2, 0.25) is 0 Å². The minimum atomic E-state index is -0.328. The van der Waals surface area contributed by atoms with Crippen molar-refractivity contribution in [3.05, 3.63) is 64.7 Å². The highest BCUT2D eigenvalue weighted by molar-refractivity contribution is 6.30. The van der Waals surface area contributed by atoms with Crippen LogP contribution in [0.25, 0.3) is 0 Å². The number of urea groups is 1. The van der Waals surface area contributed by atoms with Crippen LogP contribution in [0.2, 0.25) is 5.02 Å². The monoisotopic (exact) mass is 302 g/mol. The molecule has 0 atom stereocenters. The summed E-state index contributed by atoms with van der Waals surface area (Å²) in [5, 5.41) is 6.08. The van der Waals surface area contributed by atoms with Gasteiger partial charge in [-0.05, 0) is 36.8 Å². The maximum absolute atomic E-state index is 11.8. The van der Waals surface area contributed by atoms with Gasteiger partial charge in [0.15, 0.2) is 5.78 Å². The quantitative estimate of drug-likeness (QED) is 0.842. The molecule has 0 aliphatic heterocycles. The zero-order valence-electron chi connectivity index (χ0n) is 11.5. The number of Topliss-reactive ketones (excluding diaryl/α,β-unsaturated/α-hetero) is 1. The molecule has 2 N–H and O–H groups in total. The molecule has 0 unspecified atom stereocenters. The first-order valence-electron chi connectivity index (χ1n) is 6.45. The first kappa shape index (κ1) is 15.1. The fourth-order valence-corrected chi connectivity index (χ4v) is 1.90. The van der Waals surface area contributed by atoms with Crippen LogP contribution in [-0.4, -0.2) is 11.8 Å². The van der Waals surface area contributed by atoms with Crippen molar-refractivity contribution in [2.75, 3.05) is 5.32 Å². The van der Waals surface area contributed by atoms with Gasteiger partial charge in [0, 0.05) is 22.8 Å². The van der Waals surface area contributed by atoms with Crippen molar-refractivity contribution in [2.45, 2.75) is 13.5 Å². The Kier molecular flexibility index (Phi) is 4.95. The van der Waals surface area contributed by atoms with Gasteiger partial charge in [0.1, 0.15) is 0 Å². The number of nitrogens with one attached hydrogen (secondary N) is 2. The summed E-state index contributed by atoms with van der Waals surface area (Å²) in [7, 11) is 0. The molecule has 4 nitrogen and oxygen atoms in total. The Morgan fingerprint density at radius 3 is 2.48 bits per heavy atom. The highest BCUT2D eigenvalue weighted by atomic mass is 35.5. The average Bonchev–Trinajstić information content (AvgIpc) is 2.47. The van der Waals surface area contributed by atoms with Crippen LogP contribution in [0.4, 0.5) is 10.5 Å². The van der Waals surface area contributed by atoms with Crippen molar-refractivity contribution < 1.29 is 9.59 Å². The molecule has 0 fully saturated rings. The number of anilines is 1. The second kappa shape index (κ2) is 6.90. The van der Waals surface area contributed by atoms with E-state index in [0.29, 0.717) is 22.8 Å². The Morgan fingerprint density at radius 2 is 1.81 bits per heavy atom. The SMILES string of the molecule is CC(=O)c1cccc(NC(=O)NCc2ccc(Cl)cc2)c1. The molecule has 0 aromatic heterocycles. The van der Waals surface area contributed by atoms with Crippen LogP contribution in [0.1, 0.15) is 22.8 Å². The third-order valence-electron chi connectivity index (χ3n) is 2.89. The van der Waals surface area contributed by atoms with Crippen LogP contribution in [0, 0.1) is 0 Å². The zero-order chi connectivity index (χ0) is 15.2. The highest BCUT2D eigenvalue weighted by Crippen LogP contribution is 2.11. The highest BCUT2D eigenvalue weighted by Gasteiger charge is 2.04. The lowest BCUT2D eigenvalue weighted by atomic mass is 10.1. The molecule has 0 aliphatic rings. The number of carbonyl (C=O) groups excluding carboxylic acids is 2. The maximum Gasteiger partial charge on any atom is 0.319 e. The van der Waals surface area contributed by atoms with E-state index in [0.717, 1.165) is 5.56 Å². The first-order chi connectivity index (χ1) is 10.0. The van der Waals surface area contributed by atoms with E-state index < -0.39 is 0 Å². The lowest BCUT2D eigenvalue weighted by molar-refractivity contribution is 0.101. The number of benzene rings is 2. The molecule has 0 radical (unpaired) electrons. The van der Waals surface area contributed by atoms with Crippen LogP contribution in [-0.2, 0) is 6.54 Å². The summed E-state index contributed by atoms with van der Waals surface area (Å²) in [6, 6.07) is 13.7. The minimum Gasteiger partial charge on any atom is -0.334 e. The van der Waals surface area contributed by atoms with E-state index in [1.54, 1.807) is 36.4 Å². The molecule has 0 spiro atoms. The number of carbonyl (C=O) groups is 2. The van der Waals surface area contributed by atoms with Crippen LogP contribution in [0.15, 0.2) is 48.5 Å². The van der Waals surface area contributed by atoms with Gasteiger partial charge in [-0.15, -0.1) is 0 Å². The fourth-order valence-electron chi connectivity index (χ4n) is 1.78. The summed E-state index contributed by atoms with van der Waals surface area (Å²) in [5.41, 5.74) is 2.09. The van der Waals surface area contributed by atoms with Gasteiger partial charge >= 0.3 is 6.03 Å². The van der Waals surface area contributed by atoms with Crippen LogP contribution in [0.5, 0.6) is 0 Å². The molecule has 2 rings (SSSR count). The lowest BCUT2D eigenvalue weighted by Gasteiger charge is -2.08. The standard InChI is InChI=1S/C16H15ClN2O2/c1-11(20)13-3-2-4-15(9-13)19-16(21)18-10-12-5-7-14(17)8-6-12/h2-9H,10H2,1H3,(H2,18,19,21). The molecule has 0 bridgehead atoms. The van der Waals surface area contributed by atoms with Gasteiger partial charge in [-0.3, -0.25) is 4.79 Å². The summed E-state index contributed by atoms with van der Waals surface area (Å²) in [4.78, 5) is 23.1. The predicted molar refractivity (Wildman–Crippen MR) is 83.8 cm³/mol. The van der Waals surface area contributed by atoms with E-state index in [-0.39, 0.29) is 11.8 Å². The molecule has 0 heterocycles. The summed E-state index contributed by atoms with van der Waals surface area (Å²) in [6.45, 7) is 1.88. The van der Waals surface area contributed by atoms with Gasteiger partial charge in [-0.25, -0.2) is 4.79 Å². The first-order valence-corrected chi connectivity index (χ1v) is 6.83. The van der Waals surface area contributed by atoms with E-state index in [2.05, 4.69) is 10.6 Å². The van der Waals surface area contributed by atoms with Crippen molar-refractivity contribution in [1.82, 2.24) is 5.32 Å². The average molecular weight is 303 g/mol. The summed E-state index contributed by atoms with van der Waals surface area (Å²) >= 11 is 5.79. The van der Waals surface area contributed by atoms with Crippen LogP contribution >= 0.6 is 11.6 Å². The molecular formula is C16H15ClN2O2. The number of halogens is 1. The van der Waals surface area contributed by atoms with Crippen LogP contribution < -0.4 is 10.6 Å². The number of rotatable bonds is 4. The molecule has 108 valence electrons. The largest absolute Gasteiger partial charge is 0.334 e. The Hall–Kier alpha value is -2.33. The van der Waals surface area contributed by atoms with E-state index in [1.165, 1.54) is 6.92 Å². The smallest absolute Gasteiger partial charge is 0.319 e. The van der Waals surface area contributed by atoms with Gasteiger partial charge in [-0.1, -0.05) is 35.9 Å². The number of amides is 2. The fraction of sp³-hybridized carbons (Fsp3) is 0.125. The third kappa shape index (κ3) is 4.61. The molecule has 0 aliphatic carbocycles. The molecule has 0 saturated heterocycles. The molecule has 2 aromatic rings. The molecule has 0 saturated carbocycles. The number of hydrogen-bond donors (Lipinski definition) is 2. The van der Waals surface area contributed by atoms with Crippen LogP contribution in [0.3, 0.4) is 0 Å². The van der Waals surface area contributed by atoms with Crippen molar-refractivity contribution in [3.8, 4) is 0 Å². The number of hydrogen-bond acceptors (Lipinski definition) is 2. The predicted octanol–water partition coefficient (Wildman–Crippen LogP) is 3.86. The van der Waals surface area contributed by atoms with E-state index in [4.69, 9.17) is 11.6 Å². The van der Waals surface area contributed by atoms with Gasteiger partial charge in [0.05, 0.1) is 0 Å². The van der Waals surface area contributed by atoms with Crippen molar-refractivity contribution in [1.29, 1.82) is 0 Å². The maximum atomic E-state index is 11.8. The number of ketones is 1. The molecule has 2 aromatic carbocycles. The summed E-state index contributed by atoms with van der Waals surface area (Å²) in [6.07, 6.45) is 0. The summed E-state index contributed by atoms with van der Waals surface area (Å²) < 4.78 is 0. The van der Waals surface area contributed by atoms with E-state index in [1.807, 2.05) is 12.1 Å². The third-order valence-corrected chi connectivity index (χ3v) is 3.15. The Morgan fingerprint density at radius 1 is 1.10 bits per heavy atom. The van der Waals surface area contributed by atoms with Gasteiger partial charge < -0.3 is 10.6 Å². The Labute approximate surface area is 128 Å². The lowest BCUT2D eigenvalue weighted by Crippen LogP contribution is -2.28. The minimum absolute atomic E-state index is 0.0415. The normalized spacial score (nSPS) is 10.0. The second-order valence-electron chi connectivity index (χ2n) is 4.57. The van der Waals surface area contributed by atoms with Gasteiger partial charge in [-0.2, -0.15) is 0 Å². The second-order valence-corrected chi connectivity index (χ2v) is 5.01. The Balaban J connectivity index is 1.91. The zero-order valence-corrected chi connectivity index (χ0v) is 12.3. The van der Waals surface area contributed by atoms with Gasteiger partial charge in [0.25, 0.3) is 0 Å². The van der Waals surface area contributed by atoms with Crippen molar-refractivity contribution in [3.63, 3.8) is 0 Å². The summed E-state index contributed by atoms with van der Waals surface area (Å²) in [5.74, 6) is -0.0415. The van der Waals surface area contributed by atoms with Crippen molar-refractivity contribution in [2.24, 2.45) is 0 Å². The van der Waals surface area contributed by atoms with Crippen molar-refractivity contribution >= 4 is 29.1 Å².